The summed E-state index contributed by atoms with van der Waals surface area (Å²) in [5.74, 6) is -0.0754. The minimum absolute atomic E-state index is 0.0754. The van der Waals surface area contributed by atoms with E-state index in [2.05, 4.69) is 10.3 Å². The first kappa shape index (κ1) is 14.8. The van der Waals surface area contributed by atoms with Crippen LogP contribution in [0, 0.1) is 0 Å². The van der Waals surface area contributed by atoms with E-state index in [1.54, 1.807) is 23.0 Å². The smallest absolute Gasteiger partial charge is 0.218 e. The van der Waals surface area contributed by atoms with Gasteiger partial charge in [0.15, 0.2) is 5.78 Å². The van der Waals surface area contributed by atoms with Crippen LogP contribution in [0.4, 0.5) is 0 Å². The van der Waals surface area contributed by atoms with Crippen molar-refractivity contribution in [1.29, 1.82) is 0 Å². The molecule has 2 aromatic rings. The van der Waals surface area contributed by atoms with Crippen molar-refractivity contribution in [3.8, 4) is 5.69 Å². The maximum atomic E-state index is 11.7. The normalized spacial score (nSPS) is 26.7. The van der Waals surface area contributed by atoms with E-state index in [-0.39, 0.29) is 24.6 Å². The molecule has 2 fully saturated rings. The van der Waals surface area contributed by atoms with Gasteiger partial charge in [0.05, 0.1) is 31.2 Å². The summed E-state index contributed by atoms with van der Waals surface area (Å²) in [6.07, 6.45) is 0.889. The Morgan fingerprint density at radius 1 is 1.35 bits per heavy atom. The van der Waals surface area contributed by atoms with Crippen molar-refractivity contribution in [2.45, 2.75) is 31.5 Å². The molecular formula is C15H14ClN3O4. The van der Waals surface area contributed by atoms with Crippen LogP contribution in [0.25, 0.3) is 5.69 Å². The van der Waals surface area contributed by atoms with Gasteiger partial charge in [-0.05, 0) is 24.3 Å². The lowest BCUT2D eigenvalue weighted by atomic mass is 10.1. The third-order valence-corrected chi connectivity index (χ3v) is 4.12. The molecule has 0 saturated carbocycles. The van der Waals surface area contributed by atoms with Gasteiger partial charge in [0.25, 0.3) is 0 Å². The predicted octanol–water partition coefficient (Wildman–Crippen LogP) is 1.52. The van der Waals surface area contributed by atoms with Crippen LogP contribution in [0.5, 0.6) is 0 Å². The first-order valence-electron chi connectivity index (χ1n) is 7.27. The van der Waals surface area contributed by atoms with Crippen LogP contribution in [0.2, 0.25) is 5.02 Å². The zero-order valence-corrected chi connectivity index (χ0v) is 12.8. The molecule has 0 radical (unpaired) electrons. The maximum absolute atomic E-state index is 11.7. The van der Waals surface area contributed by atoms with Crippen LogP contribution in [-0.2, 0) is 25.6 Å². The third kappa shape index (κ3) is 3.00. The van der Waals surface area contributed by atoms with Crippen molar-refractivity contribution in [3.63, 3.8) is 0 Å². The van der Waals surface area contributed by atoms with E-state index in [1.165, 1.54) is 0 Å². The van der Waals surface area contributed by atoms with Gasteiger partial charge < -0.3 is 14.2 Å². The molecule has 1 aromatic heterocycles. The summed E-state index contributed by atoms with van der Waals surface area (Å²) in [6.45, 7) is 0.647. The molecule has 7 nitrogen and oxygen atoms in total. The first-order valence-corrected chi connectivity index (χ1v) is 7.65. The highest BCUT2D eigenvalue weighted by molar-refractivity contribution is 6.30. The van der Waals surface area contributed by atoms with Crippen molar-refractivity contribution in [3.05, 3.63) is 41.2 Å². The number of hydrogen-bond donors (Lipinski definition) is 0. The molecule has 8 heteroatoms. The standard InChI is InChI=1S/C15H14ClN3O4/c16-9-1-3-11(4-2-9)19-6-10(17-18-19)7-21-13-5-12(20)15-22-8-14(13)23-15/h1-4,6,13-15H,5,7-8H2/t13-,14+,15+/m0/s1. The zero-order valence-electron chi connectivity index (χ0n) is 12.1. The average molecular weight is 336 g/mol. The predicted molar refractivity (Wildman–Crippen MR) is 79.2 cm³/mol. The molecule has 120 valence electrons. The second-order valence-corrected chi connectivity index (χ2v) is 5.93. The van der Waals surface area contributed by atoms with E-state index in [1.807, 2.05) is 12.1 Å². The highest BCUT2D eigenvalue weighted by Crippen LogP contribution is 2.27. The van der Waals surface area contributed by atoms with E-state index >= 15 is 0 Å². The van der Waals surface area contributed by atoms with Gasteiger partial charge in [0.1, 0.15) is 11.8 Å². The minimum atomic E-state index is -0.703. The van der Waals surface area contributed by atoms with Gasteiger partial charge in [-0.1, -0.05) is 16.8 Å². The molecule has 0 unspecified atom stereocenters. The number of halogens is 1. The molecule has 0 amide bonds. The number of carbonyl (C=O) groups is 1. The zero-order chi connectivity index (χ0) is 15.8. The van der Waals surface area contributed by atoms with Crippen molar-refractivity contribution in [2.24, 2.45) is 0 Å². The fourth-order valence-corrected chi connectivity index (χ4v) is 2.78. The maximum Gasteiger partial charge on any atom is 0.218 e. The fraction of sp³-hybridized carbons (Fsp3) is 0.400. The van der Waals surface area contributed by atoms with Gasteiger partial charge in [0, 0.05) is 11.4 Å². The van der Waals surface area contributed by atoms with Gasteiger partial charge >= 0.3 is 0 Å². The number of benzene rings is 1. The molecule has 2 aliphatic rings. The molecule has 3 atom stereocenters. The number of ketones is 1. The topological polar surface area (TPSA) is 75.5 Å². The van der Waals surface area contributed by atoms with Crippen molar-refractivity contribution in [1.82, 2.24) is 15.0 Å². The van der Waals surface area contributed by atoms with Crippen LogP contribution in [0.1, 0.15) is 12.1 Å². The Labute approximate surface area is 137 Å². The van der Waals surface area contributed by atoms with E-state index in [0.29, 0.717) is 23.7 Å². The molecule has 0 N–H and O–H groups in total. The summed E-state index contributed by atoms with van der Waals surface area (Å²) in [5, 5.41) is 8.80. The Morgan fingerprint density at radius 3 is 3.00 bits per heavy atom. The largest absolute Gasteiger partial charge is 0.369 e. The number of Topliss-reactive ketones (excluding diaryl/α,β-unsaturated/α-hetero) is 1. The Bertz CT molecular complexity index is 718. The Kier molecular flexibility index (Phi) is 3.86. The van der Waals surface area contributed by atoms with E-state index in [9.17, 15) is 4.79 Å². The molecule has 4 rings (SSSR count). The van der Waals surface area contributed by atoms with E-state index < -0.39 is 6.29 Å². The van der Waals surface area contributed by atoms with Crippen molar-refractivity contribution in [2.75, 3.05) is 6.61 Å². The summed E-state index contributed by atoms with van der Waals surface area (Å²) in [7, 11) is 0. The fourth-order valence-electron chi connectivity index (χ4n) is 2.65. The van der Waals surface area contributed by atoms with Crippen LogP contribution in [-0.4, -0.2) is 45.9 Å². The second-order valence-electron chi connectivity index (χ2n) is 5.49. The molecule has 0 aliphatic carbocycles. The molecule has 3 heterocycles. The van der Waals surface area contributed by atoms with Crippen LogP contribution in [0.15, 0.2) is 30.5 Å². The monoisotopic (exact) mass is 335 g/mol. The highest BCUT2D eigenvalue weighted by Gasteiger charge is 2.43. The van der Waals surface area contributed by atoms with Gasteiger partial charge in [-0.15, -0.1) is 5.10 Å². The average Bonchev–Trinajstić information content (AvgIpc) is 3.19. The van der Waals surface area contributed by atoms with Gasteiger partial charge in [-0.2, -0.15) is 0 Å². The number of fused-ring (bicyclic) bond motifs is 2. The molecule has 0 spiro atoms. The SMILES string of the molecule is O=C1C[C@H](OCc2cn(-c3ccc(Cl)cc3)nn2)[C@H]2CO[C@@H]1O2. The molecule has 1 aromatic carbocycles. The summed E-state index contributed by atoms with van der Waals surface area (Å²) in [5.41, 5.74) is 1.53. The Morgan fingerprint density at radius 2 is 2.17 bits per heavy atom. The lowest BCUT2D eigenvalue weighted by Gasteiger charge is -2.25. The quantitative estimate of drug-likeness (QED) is 0.843. The Hall–Kier alpha value is -1.80. The van der Waals surface area contributed by atoms with Gasteiger partial charge in [-0.25, -0.2) is 4.68 Å². The van der Waals surface area contributed by atoms with Crippen LogP contribution < -0.4 is 0 Å². The molecule has 2 saturated heterocycles. The lowest BCUT2D eigenvalue weighted by molar-refractivity contribution is -0.168. The summed E-state index contributed by atoms with van der Waals surface area (Å²) in [6, 6.07) is 7.28. The summed E-state index contributed by atoms with van der Waals surface area (Å²) in [4.78, 5) is 11.7. The highest BCUT2D eigenvalue weighted by atomic mass is 35.5. The molecule has 23 heavy (non-hydrogen) atoms. The van der Waals surface area contributed by atoms with Gasteiger partial charge in [0.2, 0.25) is 6.29 Å². The Balaban J connectivity index is 1.40. The molecule has 2 bridgehead atoms. The lowest BCUT2D eigenvalue weighted by Crippen LogP contribution is -2.40. The second kappa shape index (κ2) is 6.01. The number of nitrogens with zero attached hydrogens (tertiary/aromatic N) is 3. The molecular weight excluding hydrogens is 322 g/mol. The number of rotatable bonds is 4. The summed E-state index contributed by atoms with van der Waals surface area (Å²) < 4.78 is 18.1. The summed E-state index contributed by atoms with van der Waals surface area (Å²) >= 11 is 5.87. The molecule has 2 aliphatic heterocycles. The van der Waals surface area contributed by atoms with Crippen molar-refractivity contribution >= 4 is 17.4 Å². The van der Waals surface area contributed by atoms with Gasteiger partial charge in [-0.3, -0.25) is 4.79 Å². The minimum Gasteiger partial charge on any atom is -0.369 e. The number of carbonyl (C=O) groups excluding carboxylic acids is 1. The van der Waals surface area contributed by atoms with Crippen LogP contribution >= 0.6 is 11.6 Å². The number of aromatic nitrogens is 3. The van der Waals surface area contributed by atoms with E-state index in [0.717, 1.165) is 5.69 Å². The number of hydrogen-bond acceptors (Lipinski definition) is 6. The number of ether oxygens (including phenoxy) is 3. The first-order chi connectivity index (χ1) is 11.2. The van der Waals surface area contributed by atoms with Crippen LogP contribution in [0.3, 0.4) is 0 Å². The van der Waals surface area contributed by atoms with Crippen molar-refractivity contribution < 1.29 is 19.0 Å². The van der Waals surface area contributed by atoms with E-state index in [4.69, 9.17) is 25.8 Å². The third-order valence-electron chi connectivity index (χ3n) is 3.87.